The van der Waals surface area contributed by atoms with Crippen molar-refractivity contribution in [1.29, 1.82) is 0 Å². The van der Waals surface area contributed by atoms with Crippen LogP contribution in [0.4, 0.5) is 0 Å². The monoisotopic (exact) mass is 186 g/mol. The van der Waals surface area contributed by atoms with Crippen LogP contribution in [0.1, 0.15) is 19.8 Å². The molecule has 0 heterocycles. The highest BCUT2D eigenvalue weighted by Gasteiger charge is 2.39. The van der Waals surface area contributed by atoms with Crippen LogP contribution < -0.4 is 0 Å². The predicted octanol–water partition coefficient (Wildman–Crippen LogP) is 0.135. The molecule has 13 heavy (non-hydrogen) atoms. The molecule has 0 spiro atoms. The van der Waals surface area contributed by atoms with Crippen molar-refractivity contribution in [2.75, 3.05) is 7.11 Å². The molecule has 1 saturated carbocycles. The van der Waals surface area contributed by atoms with E-state index in [1.807, 2.05) is 6.92 Å². The SMILES string of the molecule is COC(=O)C1C(=O)CC(C)CC1O. The van der Waals surface area contributed by atoms with Gasteiger partial charge in [-0.15, -0.1) is 0 Å². The Kier molecular flexibility index (Phi) is 3.03. The third kappa shape index (κ3) is 2.06. The fourth-order valence-corrected chi connectivity index (χ4v) is 1.73. The first-order valence-corrected chi connectivity index (χ1v) is 4.35. The second-order valence-electron chi connectivity index (χ2n) is 3.58. The lowest BCUT2D eigenvalue weighted by molar-refractivity contribution is -0.156. The van der Waals surface area contributed by atoms with Crippen molar-refractivity contribution in [3.8, 4) is 0 Å². The molecule has 1 N–H and O–H groups in total. The van der Waals surface area contributed by atoms with Gasteiger partial charge in [0.05, 0.1) is 13.2 Å². The maximum Gasteiger partial charge on any atom is 0.318 e. The van der Waals surface area contributed by atoms with Crippen molar-refractivity contribution < 1.29 is 19.4 Å². The number of rotatable bonds is 1. The number of ether oxygens (including phenoxy) is 1. The van der Waals surface area contributed by atoms with Crippen LogP contribution in [0.5, 0.6) is 0 Å². The second kappa shape index (κ2) is 3.87. The summed E-state index contributed by atoms with van der Waals surface area (Å²) in [7, 11) is 1.22. The molecule has 1 aliphatic rings. The van der Waals surface area contributed by atoms with Gasteiger partial charge in [-0.3, -0.25) is 9.59 Å². The third-order valence-electron chi connectivity index (χ3n) is 2.38. The molecular weight excluding hydrogens is 172 g/mol. The quantitative estimate of drug-likeness (QED) is 0.467. The highest BCUT2D eigenvalue weighted by molar-refractivity contribution is 6.00. The summed E-state index contributed by atoms with van der Waals surface area (Å²) in [4.78, 5) is 22.4. The van der Waals surface area contributed by atoms with Crippen molar-refractivity contribution in [1.82, 2.24) is 0 Å². The van der Waals surface area contributed by atoms with Crippen LogP contribution >= 0.6 is 0 Å². The predicted molar refractivity (Wildman–Crippen MR) is 44.9 cm³/mol. The smallest absolute Gasteiger partial charge is 0.318 e. The lowest BCUT2D eigenvalue weighted by Gasteiger charge is -2.28. The molecule has 1 rings (SSSR count). The van der Waals surface area contributed by atoms with E-state index in [1.165, 1.54) is 7.11 Å². The van der Waals surface area contributed by atoms with E-state index in [2.05, 4.69) is 4.74 Å². The molecule has 0 saturated heterocycles. The Morgan fingerprint density at radius 1 is 1.62 bits per heavy atom. The van der Waals surface area contributed by atoms with Gasteiger partial charge in [-0.05, 0) is 12.3 Å². The summed E-state index contributed by atoms with van der Waals surface area (Å²) >= 11 is 0. The third-order valence-corrected chi connectivity index (χ3v) is 2.38. The Bertz CT molecular complexity index is 224. The lowest BCUT2D eigenvalue weighted by Crippen LogP contribution is -2.41. The second-order valence-corrected chi connectivity index (χ2v) is 3.58. The van der Waals surface area contributed by atoms with Gasteiger partial charge < -0.3 is 9.84 Å². The summed E-state index contributed by atoms with van der Waals surface area (Å²) in [6, 6.07) is 0. The number of aliphatic hydroxyl groups excluding tert-OH is 1. The van der Waals surface area contributed by atoms with Crippen molar-refractivity contribution >= 4 is 11.8 Å². The van der Waals surface area contributed by atoms with E-state index in [1.54, 1.807) is 0 Å². The maximum absolute atomic E-state index is 11.4. The largest absolute Gasteiger partial charge is 0.468 e. The highest BCUT2D eigenvalue weighted by Crippen LogP contribution is 2.26. The van der Waals surface area contributed by atoms with Gasteiger partial charge in [-0.25, -0.2) is 0 Å². The normalized spacial score (nSPS) is 34.4. The Balaban J connectivity index is 2.72. The van der Waals surface area contributed by atoms with Crippen LogP contribution in [0.15, 0.2) is 0 Å². The van der Waals surface area contributed by atoms with Gasteiger partial charge in [0.1, 0.15) is 11.7 Å². The summed E-state index contributed by atoms with van der Waals surface area (Å²) in [6.07, 6.45) is -0.0220. The van der Waals surface area contributed by atoms with E-state index in [0.29, 0.717) is 12.8 Å². The molecular formula is C9H14O4. The van der Waals surface area contributed by atoms with E-state index < -0.39 is 18.0 Å². The highest BCUT2D eigenvalue weighted by atomic mass is 16.5. The first-order chi connectivity index (χ1) is 6.06. The Morgan fingerprint density at radius 3 is 2.69 bits per heavy atom. The topological polar surface area (TPSA) is 63.6 Å². The minimum absolute atomic E-state index is 0.156. The number of hydrogen-bond acceptors (Lipinski definition) is 4. The van der Waals surface area contributed by atoms with Crippen molar-refractivity contribution in [2.45, 2.75) is 25.9 Å². The lowest BCUT2D eigenvalue weighted by atomic mass is 9.80. The average molecular weight is 186 g/mol. The molecule has 1 fully saturated rings. The van der Waals surface area contributed by atoms with Crippen LogP contribution in [0.2, 0.25) is 0 Å². The standard InChI is InChI=1S/C9H14O4/c1-5-3-6(10)8(7(11)4-5)9(12)13-2/h5-6,8,10H,3-4H2,1-2H3. The zero-order chi connectivity index (χ0) is 10.0. The number of hydrogen-bond donors (Lipinski definition) is 1. The molecule has 0 aliphatic heterocycles. The molecule has 0 aromatic carbocycles. The zero-order valence-electron chi connectivity index (χ0n) is 7.82. The summed E-state index contributed by atoms with van der Waals surface area (Å²) in [6.45, 7) is 1.88. The molecule has 1 aliphatic carbocycles. The molecule has 3 unspecified atom stereocenters. The minimum atomic E-state index is -0.957. The number of aliphatic hydroxyl groups is 1. The van der Waals surface area contributed by atoms with E-state index in [-0.39, 0.29) is 11.7 Å². The van der Waals surface area contributed by atoms with E-state index in [9.17, 15) is 14.7 Å². The van der Waals surface area contributed by atoms with Crippen molar-refractivity contribution in [3.63, 3.8) is 0 Å². The van der Waals surface area contributed by atoms with Gasteiger partial charge in [0.25, 0.3) is 0 Å². The van der Waals surface area contributed by atoms with E-state index in [4.69, 9.17) is 0 Å². The fourth-order valence-electron chi connectivity index (χ4n) is 1.73. The molecule has 0 aromatic heterocycles. The summed E-state index contributed by atoms with van der Waals surface area (Å²) in [5.41, 5.74) is 0. The maximum atomic E-state index is 11.4. The average Bonchev–Trinajstić information content (AvgIpc) is 2.02. The zero-order valence-corrected chi connectivity index (χ0v) is 7.82. The van der Waals surface area contributed by atoms with E-state index >= 15 is 0 Å². The number of carbonyl (C=O) groups is 2. The molecule has 3 atom stereocenters. The van der Waals surface area contributed by atoms with Gasteiger partial charge in [0, 0.05) is 6.42 Å². The number of Topliss-reactive ketones (excluding diaryl/α,β-unsaturated/α-hetero) is 1. The van der Waals surface area contributed by atoms with Crippen molar-refractivity contribution in [2.24, 2.45) is 11.8 Å². The molecule has 4 nitrogen and oxygen atoms in total. The van der Waals surface area contributed by atoms with Gasteiger partial charge in [0.15, 0.2) is 0 Å². The summed E-state index contributed by atoms with van der Waals surface area (Å²) in [5, 5.41) is 9.49. The number of esters is 1. The van der Waals surface area contributed by atoms with Gasteiger partial charge in [-0.1, -0.05) is 6.92 Å². The van der Waals surface area contributed by atoms with Crippen LogP contribution in [-0.4, -0.2) is 30.1 Å². The minimum Gasteiger partial charge on any atom is -0.468 e. The van der Waals surface area contributed by atoms with Crippen LogP contribution in [0.3, 0.4) is 0 Å². The van der Waals surface area contributed by atoms with Crippen LogP contribution in [0.25, 0.3) is 0 Å². The van der Waals surface area contributed by atoms with Crippen molar-refractivity contribution in [3.05, 3.63) is 0 Å². The molecule has 0 aromatic rings. The first kappa shape index (κ1) is 10.2. The summed E-state index contributed by atoms with van der Waals surface area (Å²) in [5.74, 6) is -1.63. The molecule has 0 bridgehead atoms. The molecule has 0 radical (unpaired) electrons. The van der Waals surface area contributed by atoms with Crippen LogP contribution in [-0.2, 0) is 14.3 Å². The first-order valence-electron chi connectivity index (χ1n) is 4.35. The molecule has 0 amide bonds. The fraction of sp³-hybridized carbons (Fsp3) is 0.778. The molecule has 4 heteroatoms. The number of methoxy groups -OCH3 is 1. The summed E-state index contributed by atoms with van der Waals surface area (Å²) < 4.78 is 4.45. The van der Waals surface area contributed by atoms with E-state index in [0.717, 1.165) is 0 Å². The Labute approximate surface area is 76.9 Å². The van der Waals surface area contributed by atoms with Gasteiger partial charge >= 0.3 is 5.97 Å². The number of ketones is 1. The molecule has 74 valence electrons. The Hall–Kier alpha value is -0.900. The van der Waals surface area contributed by atoms with Gasteiger partial charge in [0.2, 0.25) is 0 Å². The van der Waals surface area contributed by atoms with Gasteiger partial charge in [-0.2, -0.15) is 0 Å². The van der Waals surface area contributed by atoms with Crippen LogP contribution in [0, 0.1) is 11.8 Å². The number of carbonyl (C=O) groups excluding carboxylic acids is 2. The Morgan fingerprint density at radius 2 is 2.23 bits per heavy atom.